The predicted octanol–water partition coefficient (Wildman–Crippen LogP) is 17.9. The lowest BCUT2D eigenvalue weighted by molar-refractivity contribution is 0.628. The van der Waals surface area contributed by atoms with Gasteiger partial charge in [0.15, 0.2) is 0 Å². The van der Waals surface area contributed by atoms with E-state index < -0.39 is 0 Å². The van der Waals surface area contributed by atoms with Crippen LogP contribution in [-0.2, 0) is 5.41 Å². The quantitative estimate of drug-likeness (QED) is 0.134. The van der Waals surface area contributed by atoms with Gasteiger partial charge in [0.2, 0.25) is 0 Å². The number of anilines is 5. The van der Waals surface area contributed by atoms with Gasteiger partial charge >= 0.3 is 0 Å². The van der Waals surface area contributed by atoms with Crippen LogP contribution in [0.3, 0.4) is 0 Å². The Morgan fingerprint density at radius 2 is 1.00 bits per heavy atom. The second-order valence-corrected chi connectivity index (χ2v) is 18.8. The van der Waals surface area contributed by atoms with Gasteiger partial charge in [-0.1, -0.05) is 135 Å². The van der Waals surface area contributed by atoms with Crippen LogP contribution in [0, 0.1) is 5.82 Å². The molecule has 12 aromatic rings. The summed E-state index contributed by atoms with van der Waals surface area (Å²) < 4.78 is 16.9. The largest absolute Gasteiger partial charge is 0.317 e. The van der Waals surface area contributed by atoms with Crippen LogP contribution < -0.4 is 9.80 Å². The summed E-state index contributed by atoms with van der Waals surface area (Å²) in [4.78, 5) is 4.48. The first kappa shape index (κ1) is 40.5. The number of nitrogens with zero attached hydrogens (tertiary/aromatic N) is 3. The second-order valence-electron chi connectivity index (χ2n) is 18.8. The van der Waals surface area contributed by atoms with Crippen molar-refractivity contribution in [3.05, 3.63) is 259 Å². The Labute approximate surface area is 401 Å². The molecule has 4 heteroatoms. The monoisotopic (exact) mass is 887 g/mol. The molecule has 0 aliphatic heterocycles. The fraction of sp³-hybridized carbons (Fsp3) is 0.0462. The molecule has 0 fully saturated rings. The first-order valence-corrected chi connectivity index (χ1v) is 23.7. The molecule has 0 spiro atoms. The summed E-state index contributed by atoms with van der Waals surface area (Å²) in [5.41, 5.74) is 17.0. The molecule has 0 bridgehead atoms. The zero-order valence-corrected chi connectivity index (χ0v) is 38.3. The Bertz CT molecular complexity index is 3880. The number of aromatic nitrogens is 1. The third-order valence-corrected chi connectivity index (χ3v) is 14.3. The fourth-order valence-electron chi connectivity index (χ4n) is 11.0. The van der Waals surface area contributed by atoms with Crippen LogP contribution in [0.2, 0.25) is 0 Å². The lowest BCUT2D eigenvalue weighted by Gasteiger charge is -2.25. The van der Waals surface area contributed by atoms with Crippen molar-refractivity contribution in [2.24, 2.45) is 0 Å². The van der Waals surface area contributed by atoms with Crippen molar-refractivity contribution in [3.8, 4) is 27.9 Å². The van der Waals surface area contributed by atoms with Crippen molar-refractivity contribution in [1.82, 2.24) is 4.57 Å². The number of para-hydroxylation sites is 2. The van der Waals surface area contributed by atoms with E-state index in [0.717, 1.165) is 61.8 Å². The van der Waals surface area contributed by atoms with Gasteiger partial charge in [0, 0.05) is 56.5 Å². The molecular weight excluding hydrogens is 842 g/mol. The van der Waals surface area contributed by atoms with Crippen molar-refractivity contribution in [3.63, 3.8) is 0 Å². The molecule has 0 unspecified atom stereocenters. The van der Waals surface area contributed by atoms with Crippen LogP contribution in [0.25, 0.3) is 77.4 Å². The topological polar surface area (TPSA) is 11.4 Å². The highest BCUT2D eigenvalue weighted by Crippen LogP contribution is 2.50. The molecule has 0 amide bonds. The molecule has 0 saturated heterocycles. The molecule has 3 nitrogen and oxygen atoms in total. The van der Waals surface area contributed by atoms with Crippen LogP contribution in [0.15, 0.2) is 237 Å². The highest BCUT2D eigenvalue weighted by Gasteiger charge is 2.35. The molecule has 11 aromatic carbocycles. The third-order valence-electron chi connectivity index (χ3n) is 14.3. The first-order chi connectivity index (χ1) is 33.9. The van der Waals surface area contributed by atoms with E-state index in [4.69, 9.17) is 0 Å². The number of fused-ring (bicyclic) bond motifs is 4. The lowest BCUT2D eigenvalue weighted by atomic mass is 9.82. The summed E-state index contributed by atoms with van der Waals surface area (Å²) in [7, 11) is 0. The number of halogens is 1. The highest BCUT2D eigenvalue weighted by atomic mass is 19.1. The molecule has 1 aromatic heterocycles. The minimum Gasteiger partial charge on any atom is -0.317 e. The SMILES string of the molecule is CC1(C)c2ccccc2-c2ccc(N(C=Cc3cc4ccc5cc(-c6ccc(N(c7ccccc7)c7ccccc7)cc6)cc6c5c4c(c3)n6-c3ccc4ccccc4c3)c3ccc(F)cc3)cc21. The number of hydrogen-bond acceptors (Lipinski definition) is 2. The normalized spacial score (nSPS) is 12.9. The van der Waals surface area contributed by atoms with Gasteiger partial charge in [-0.05, 0) is 176 Å². The maximum absolute atomic E-state index is 14.5. The summed E-state index contributed by atoms with van der Waals surface area (Å²) in [6, 6.07) is 81.6. The Balaban J connectivity index is 0.954. The zero-order chi connectivity index (χ0) is 46.2. The van der Waals surface area contributed by atoms with Crippen LogP contribution in [0.5, 0.6) is 0 Å². The van der Waals surface area contributed by atoms with E-state index in [-0.39, 0.29) is 11.2 Å². The van der Waals surface area contributed by atoms with Crippen LogP contribution >= 0.6 is 0 Å². The van der Waals surface area contributed by atoms with Crippen molar-refractivity contribution in [2.45, 2.75) is 19.3 Å². The zero-order valence-electron chi connectivity index (χ0n) is 38.3. The number of benzene rings is 11. The van der Waals surface area contributed by atoms with Crippen molar-refractivity contribution in [2.75, 3.05) is 9.80 Å². The minimum atomic E-state index is -0.261. The van der Waals surface area contributed by atoms with E-state index in [1.54, 1.807) is 0 Å². The molecule has 13 rings (SSSR count). The van der Waals surface area contributed by atoms with Gasteiger partial charge in [-0.15, -0.1) is 0 Å². The maximum atomic E-state index is 14.5. The van der Waals surface area contributed by atoms with E-state index in [9.17, 15) is 4.39 Å². The molecule has 0 saturated carbocycles. The minimum absolute atomic E-state index is 0.162. The van der Waals surface area contributed by atoms with Gasteiger partial charge < -0.3 is 14.4 Å². The summed E-state index contributed by atoms with van der Waals surface area (Å²) >= 11 is 0. The van der Waals surface area contributed by atoms with Gasteiger partial charge in [-0.2, -0.15) is 0 Å². The third kappa shape index (κ3) is 6.78. The van der Waals surface area contributed by atoms with E-state index in [2.05, 4.69) is 247 Å². The van der Waals surface area contributed by atoms with Crippen molar-refractivity contribution in [1.29, 1.82) is 0 Å². The van der Waals surface area contributed by atoms with E-state index >= 15 is 0 Å². The standard InChI is InChI=1S/C65H46FN3/c1-65(2)59-20-12-11-19-57(59)58-34-33-55(42-60(58)65)67(51-31-26-50(66)27-32-51)36-35-43-37-47-21-22-48-39-49(45-23-28-54(29-24-45)68(52-15-5-3-6-16-52)53-17-7-4-8-18-53)41-62-64(48)63(47)61(38-43)69(62)56-30-25-44-13-9-10-14-46(44)40-56/h3-42H,1-2H3. The van der Waals surface area contributed by atoms with Gasteiger partial charge in [-0.3, -0.25) is 0 Å². The number of hydrogen-bond donors (Lipinski definition) is 0. The second kappa shape index (κ2) is 16.0. The molecule has 1 aliphatic rings. The molecule has 0 N–H and O–H groups in total. The Morgan fingerprint density at radius 1 is 0.420 bits per heavy atom. The molecule has 1 heterocycles. The van der Waals surface area contributed by atoms with Gasteiger partial charge in [0.05, 0.1) is 11.0 Å². The predicted molar refractivity (Wildman–Crippen MR) is 289 cm³/mol. The Hall–Kier alpha value is -8.73. The van der Waals surface area contributed by atoms with Crippen LogP contribution in [0.4, 0.5) is 32.8 Å². The average molecular weight is 888 g/mol. The maximum Gasteiger partial charge on any atom is 0.123 e. The summed E-state index contributed by atoms with van der Waals surface area (Å²) in [6.07, 6.45) is 4.33. The van der Waals surface area contributed by atoms with Crippen LogP contribution in [0.1, 0.15) is 30.5 Å². The average Bonchev–Trinajstić information content (AvgIpc) is 3.85. The Kier molecular flexibility index (Phi) is 9.38. The van der Waals surface area contributed by atoms with E-state index in [1.807, 2.05) is 12.1 Å². The summed E-state index contributed by atoms with van der Waals surface area (Å²) in [5.74, 6) is -0.261. The molecule has 328 valence electrons. The van der Waals surface area contributed by atoms with E-state index in [1.165, 1.54) is 66.7 Å². The van der Waals surface area contributed by atoms with Crippen molar-refractivity contribution < 1.29 is 4.39 Å². The number of rotatable bonds is 9. The van der Waals surface area contributed by atoms with Gasteiger partial charge in [-0.25, -0.2) is 4.39 Å². The lowest BCUT2D eigenvalue weighted by Crippen LogP contribution is -2.16. The van der Waals surface area contributed by atoms with E-state index in [0.29, 0.717) is 0 Å². The molecule has 0 radical (unpaired) electrons. The molecule has 1 aliphatic carbocycles. The molecule has 0 atom stereocenters. The summed E-state index contributed by atoms with van der Waals surface area (Å²) in [6.45, 7) is 4.61. The smallest absolute Gasteiger partial charge is 0.123 e. The summed E-state index contributed by atoms with van der Waals surface area (Å²) in [5, 5.41) is 7.27. The van der Waals surface area contributed by atoms with Crippen LogP contribution in [-0.4, -0.2) is 4.57 Å². The first-order valence-electron chi connectivity index (χ1n) is 23.7. The fourth-order valence-corrected chi connectivity index (χ4v) is 11.0. The molecule has 69 heavy (non-hydrogen) atoms. The van der Waals surface area contributed by atoms with Gasteiger partial charge in [0.25, 0.3) is 0 Å². The highest BCUT2D eigenvalue weighted by molar-refractivity contribution is 6.25. The Morgan fingerprint density at radius 3 is 1.74 bits per heavy atom. The molecular formula is C65H46FN3. The van der Waals surface area contributed by atoms with Gasteiger partial charge in [0.1, 0.15) is 5.82 Å². The van der Waals surface area contributed by atoms with Crippen molar-refractivity contribution >= 4 is 77.9 Å².